The van der Waals surface area contributed by atoms with E-state index in [9.17, 15) is 9.90 Å². The summed E-state index contributed by atoms with van der Waals surface area (Å²) in [5.74, 6) is 0.178. The highest BCUT2D eigenvalue weighted by Gasteiger charge is 2.36. The van der Waals surface area contributed by atoms with Crippen molar-refractivity contribution in [2.75, 3.05) is 19.6 Å². The molecule has 3 N–H and O–H groups in total. The Bertz CT molecular complexity index is 503. The van der Waals surface area contributed by atoms with Crippen molar-refractivity contribution >= 4 is 5.91 Å². The SMILES string of the molecule is O=C(C[NH+]1CCC(O)(c2ccccc2)CC1)NC1CCCCC1. The Morgan fingerprint density at radius 2 is 1.78 bits per heavy atom. The van der Waals surface area contributed by atoms with Gasteiger partial charge in [0.05, 0.1) is 13.1 Å². The molecule has 1 aliphatic heterocycles. The average molecular weight is 317 g/mol. The Hall–Kier alpha value is -1.39. The van der Waals surface area contributed by atoms with Gasteiger partial charge in [-0.2, -0.15) is 0 Å². The van der Waals surface area contributed by atoms with E-state index in [1.165, 1.54) is 24.2 Å². The van der Waals surface area contributed by atoms with Crippen LogP contribution in [-0.2, 0) is 10.4 Å². The smallest absolute Gasteiger partial charge is 0.275 e. The molecule has 1 saturated heterocycles. The Labute approximate surface area is 138 Å². The lowest BCUT2D eigenvalue weighted by Gasteiger charge is -2.36. The fourth-order valence-corrected chi connectivity index (χ4v) is 3.98. The first kappa shape index (κ1) is 16.5. The van der Waals surface area contributed by atoms with Crippen LogP contribution in [0.2, 0.25) is 0 Å². The first-order valence-corrected chi connectivity index (χ1v) is 9.06. The predicted molar refractivity (Wildman–Crippen MR) is 90.2 cm³/mol. The van der Waals surface area contributed by atoms with Gasteiger partial charge in [0.25, 0.3) is 5.91 Å². The molecular formula is C19H29N2O2+. The van der Waals surface area contributed by atoms with Crippen molar-refractivity contribution in [3.05, 3.63) is 35.9 Å². The molecule has 0 spiro atoms. The van der Waals surface area contributed by atoms with Gasteiger partial charge < -0.3 is 15.3 Å². The van der Waals surface area contributed by atoms with E-state index >= 15 is 0 Å². The van der Waals surface area contributed by atoms with Gasteiger partial charge in [-0.3, -0.25) is 4.79 Å². The summed E-state index contributed by atoms with van der Waals surface area (Å²) in [6, 6.07) is 10.3. The molecule has 0 unspecified atom stereocenters. The molecule has 1 aromatic carbocycles. The molecule has 23 heavy (non-hydrogen) atoms. The molecule has 1 aliphatic carbocycles. The van der Waals surface area contributed by atoms with E-state index in [4.69, 9.17) is 0 Å². The van der Waals surface area contributed by atoms with Crippen LogP contribution < -0.4 is 10.2 Å². The number of piperidine rings is 1. The van der Waals surface area contributed by atoms with Crippen molar-refractivity contribution in [2.24, 2.45) is 0 Å². The first-order chi connectivity index (χ1) is 11.2. The average Bonchev–Trinajstić information content (AvgIpc) is 2.59. The number of benzene rings is 1. The van der Waals surface area contributed by atoms with E-state index < -0.39 is 5.60 Å². The fraction of sp³-hybridized carbons (Fsp3) is 0.632. The zero-order chi connectivity index (χ0) is 16.1. The second kappa shape index (κ2) is 7.45. The molecule has 3 rings (SSSR count). The van der Waals surface area contributed by atoms with Crippen LogP contribution in [0.5, 0.6) is 0 Å². The van der Waals surface area contributed by atoms with Crippen LogP contribution >= 0.6 is 0 Å². The van der Waals surface area contributed by atoms with E-state index in [0.717, 1.165) is 44.3 Å². The topological polar surface area (TPSA) is 53.8 Å². The minimum Gasteiger partial charge on any atom is -0.385 e. The Kier molecular flexibility index (Phi) is 5.34. The van der Waals surface area contributed by atoms with Crippen LogP contribution in [0.3, 0.4) is 0 Å². The normalized spacial score (nSPS) is 29.2. The number of rotatable bonds is 4. The van der Waals surface area contributed by atoms with Crippen molar-refractivity contribution < 1.29 is 14.8 Å². The van der Waals surface area contributed by atoms with Crippen LogP contribution in [0.1, 0.15) is 50.5 Å². The second-order valence-corrected chi connectivity index (χ2v) is 7.23. The zero-order valence-corrected chi connectivity index (χ0v) is 13.9. The summed E-state index contributed by atoms with van der Waals surface area (Å²) < 4.78 is 0. The van der Waals surface area contributed by atoms with Crippen molar-refractivity contribution in [3.63, 3.8) is 0 Å². The quantitative estimate of drug-likeness (QED) is 0.776. The molecule has 4 nitrogen and oxygen atoms in total. The highest BCUT2D eigenvalue weighted by Crippen LogP contribution is 2.28. The number of carbonyl (C=O) groups is 1. The molecule has 2 fully saturated rings. The number of hydrogen-bond donors (Lipinski definition) is 3. The number of amides is 1. The van der Waals surface area contributed by atoms with Crippen LogP contribution in [0.25, 0.3) is 0 Å². The number of quaternary nitrogens is 1. The van der Waals surface area contributed by atoms with Gasteiger partial charge in [0.15, 0.2) is 6.54 Å². The van der Waals surface area contributed by atoms with Crippen LogP contribution in [0.4, 0.5) is 0 Å². The first-order valence-electron chi connectivity index (χ1n) is 9.06. The van der Waals surface area contributed by atoms with Gasteiger partial charge in [-0.15, -0.1) is 0 Å². The molecule has 0 radical (unpaired) electrons. The molecule has 126 valence electrons. The van der Waals surface area contributed by atoms with Gasteiger partial charge >= 0.3 is 0 Å². The molecule has 2 aliphatic rings. The van der Waals surface area contributed by atoms with Crippen molar-refractivity contribution in [1.82, 2.24) is 5.32 Å². The summed E-state index contributed by atoms with van der Waals surface area (Å²) in [5, 5.41) is 14.0. The van der Waals surface area contributed by atoms with Crippen LogP contribution in [0.15, 0.2) is 30.3 Å². The van der Waals surface area contributed by atoms with Crippen LogP contribution in [0, 0.1) is 0 Å². The summed E-state index contributed by atoms with van der Waals surface area (Å²) in [6.07, 6.45) is 7.51. The molecule has 0 atom stereocenters. The third-order valence-corrected chi connectivity index (χ3v) is 5.48. The van der Waals surface area contributed by atoms with Crippen LogP contribution in [-0.4, -0.2) is 36.7 Å². The van der Waals surface area contributed by atoms with Gasteiger partial charge in [0.1, 0.15) is 5.60 Å². The Balaban J connectivity index is 1.46. The van der Waals surface area contributed by atoms with Crippen molar-refractivity contribution in [3.8, 4) is 0 Å². The lowest BCUT2D eigenvalue weighted by atomic mass is 9.84. The van der Waals surface area contributed by atoms with E-state index in [1.54, 1.807) is 0 Å². The van der Waals surface area contributed by atoms with E-state index in [2.05, 4.69) is 5.32 Å². The Morgan fingerprint density at radius 3 is 2.43 bits per heavy atom. The number of carbonyl (C=O) groups excluding carboxylic acids is 1. The lowest BCUT2D eigenvalue weighted by molar-refractivity contribution is -0.900. The summed E-state index contributed by atoms with van der Waals surface area (Å²) in [6.45, 7) is 2.24. The Morgan fingerprint density at radius 1 is 1.13 bits per heavy atom. The number of likely N-dealkylation sites (tertiary alicyclic amines) is 1. The number of hydrogen-bond acceptors (Lipinski definition) is 2. The lowest BCUT2D eigenvalue weighted by Crippen LogP contribution is -3.14. The third-order valence-electron chi connectivity index (χ3n) is 5.48. The number of nitrogens with one attached hydrogen (secondary N) is 2. The summed E-state index contributed by atoms with van der Waals surface area (Å²) in [4.78, 5) is 13.5. The molecule has 0 aromatic heterocycles. The number of aliphatic hydroxyl groups is 1. The molecule has 4 heteroatoms. The fourth-order valence-electron chi connectivity index (χ4n) is 3.98. The predicted octanol–water partition coefficient (Wildman–Crippen LogP) is 1.00. The second-order valence-electron chi connectivity index (χ2n) is 7.23. The molecule has 1 aromatic rings. The van der Waals surface area contributed by atoms with E-state index in [-0.39, 0.29) is 5.91 Å². The minimum absolute atomic E-state index is 0.178. The minimum atomic E-state index is -0.718. The van der Waals surface area contributed by atoms with Crippen molar-refractivity contribution in [2.45, 2.75) is 56.6 Å². The third kappa shape index (κ3) is 4.33. The maximum Gasteiger partial charge on any atom is 0.275 e. The highest BCUT2D eigenvalue weighted by atomic mass is 16.3. The molecule has 1 saturated carbocycles. The summed E-state index contributed by atoms with van der Waals surface area (Å²) in [5.41, 5.74) is 0.288. The standard InChI is InChI=1S/C19H28N2O2/c22-18(20-17-9-5-2-6-10-17)15-21-13-11-19(23,12-14-21)16-7-3-1-4-8-16/h1,3-4,7-8,17,23H,2,5-6,9-15H2,(H,20,22)/p+1. The van der Waals surface area contributed by atoms with Gasteiger partial charge in [0, 0.05) is 18.9 Å². The summed E-state index contributed by atoms with van der Waals surface area (Å²) in [7, 11) is 0. The highest BCUT2D eigenvalue weighted by molar-refractivity contribution is 5.77. The molecule has 1 amide bonds. The maximum atomic E-state index is 12.2. The molecular weight excluding hydrogens is 288 g/mol. The van der Waals surface area contributed by atoms with Crippen molar-refractivity contribution in [1.29, 1.82) is 0 Å². The van der Waals surface area contributed by atoms with Gasteiger partial charge in [-0.05, 0) is 18.4 Å². The van der Waals surface area contributed by atoms with Gasteiger partial charge in [0.2, 0.25) is 0 Å². The van der Waals surface area contributed by atoms with Gasteiger partial charge in [-0.1, -0.05) is 49.6 Å². The van der Waals surface area contributed by atoms with Gasteiger partial charge in [-0.25, -0.2) is 0 Å². The zero-order valence-electron chi connectivity index (χ0n) is 13.9. The van der Waals surface area contributed by atoms with E-state index in [0.29, 0.717) is 12.6 Å². The maximum absolute atomic E-state index is 12.2. The molecule has 0 bridgehead atoms. The largest absolute Gasteiger partial charge is 0.385 e. The molecule has 1 heterocycles. The monoisotopic (exact) mass is 317 g/mol. The summed E-state index contributed by atoms with van der Waals surface area (Å²) >= 11 is 0. The van der Waals surface area contributed by atoms with E-state index in [1.807, 2.05) is 30.3 Å².